The Hall–Kier alpha value is -0.770. The van der Waals surface area contributed by atoms with Gasteiger partial charge in [-0.3, -0.25) is 0 Å². The Morgan fingerprint density at radius 1 is 1.29 bits per heavy atom. The zero-order valence-electron chi connectivity index (χ0n) is 10.4. The molecule has 0 bridgehead atoms. The van der Waals surface area contributed by atoms with Crippen LogP contribution in [0.1, 0.15) is 25.8 Å². The molecule has 3 nitrogen and oxygen atoms in total. The first-order valence-corrected chi connectivity index (χ1v) is 5.86. The van der Waals surface area contributed by atoms with Crippen molar-refractivity contribution in [2.24, 2.45) is 0 Å². The van der Waals surface area contributed by atoms with Crippen LogP contribution in [0.25, 0.3) is 0 Å². The molecular formula is C13H21ClNO2-. The van der Waals surface area contributed by atoms with Crippen LogP contribution in [0, 0.1) is 0 Å². The molecule has 0 aliphatic heterocycles. The van der Waals surface area contributed by atoms with Crippen molar-refractivity contribution in [2.75, 3.05) is 13.2 Å². The fourth-order valence-corrected chi connectivity index (χ4v) is 1.54. The van der Waals surface area contributed by atoms with Crippen molar-refractivity contribution in [1.82, 2.24) is 5.32 Å². The number of rotatable bonds is 7. The molecule has 17 heavy (non-hydrogen) atoms. The molecule has 98 valence electrons. The van der Waals surface area contributed by atoms with Gasteiger partial charge in [0.2, 0.25) is 0 Å². The van der Waals surface area contributed by atoms with Crippen LogP contribution in [-0.4, -0.2) is 24.4 Å². The first kappa shape index (κ1) is 16.2. The van der Waals surface area contributed by atoms with E-state index in [9.17, 15) is 0 Å². The molecule has 0 amide bonds. The predicted octanol–water partition coefficient (Wildman–Crippen LogP) is -1.05. The zero-order chi connectivity index (χ0) is 11.8. The lowest BCUT2D eigenvalue weighted by Crippen LogP contribution is -3.00. The number of hydrogen-bond donors (Lipinski definition) is 2. The summed E-state index contributed by atoms with van der Waals surface area (Å²) in [4.78, 5) is 0. The molecule has 0 saturated heterocycles. The lowest BCUT2D eigenvalue weighted by molar-refractivity contribution is -0.00000493. The maximum absolute atomic E-state index is 9.08. The summed E-state index contributed by atoms with van der Waals surface area (Å²) in [6, 6.07) is 8.15. The van der Waals surface area contributed by atoms with Gasteiger partial charge in [0.25, 0.3) is 0 Å². The summed E-state index contributed by atoms with van der Waals surface area (Å²) in [5, 5.41) is 12.4. The summed E-state index contributed by atoms with van der Waals surface area (Å²) in [7, 11) is 0. The second-order valence-electron chi connectivity index (χ2n) is 3.71. The average molecular weight is 259 g/mol. The van der Waals surface area contributed by atoms with Crippen molar-refractivity contribution < 1.29 is 22.3 Å². The van der Waals surface area contributed by atoms with Gasteiger partial charge in [0, 0.05) is 18.2 Å². The Kier molecular flexibility index (Phi) is 8.86. The summed E-state index contributed by atoms with van der Waals surface area (Å²) < 4.78 is 5.53. The van der Waals surface area contributed by atoms with E-state index in [4.69, 9.17) is 9.84 Å². The van der Waals surface area contributed by atoms with E-state index in [2.05, 4.69) is 12.2 Å². The summed E-state index contributed by atoms with van der Waals surface area (Å²) in [6.45, 7) is 5.62. The first-order chi connectivity index (χ1) is 7.81. The van der Waals surface area contributed by atoms with Crippen LogP contribution in [0.3, 0.4) is 0 Å². The highest BCUT2D eigenvalue weighted by Crippen LogP contribution is 2.17. The molecule has 0 spiro atoms. The number of aliphatic hydroxyl groups is 1. The monoisotopic (exact) mass is 258 g/mol. The molecule has 1 unspecified atom stereocenters. The van der Waals surface area contributed by atoms with Crippen LogP contribution in [0.4, 0.5) is 0 Å². The van der Waals surface area contributed by atoms with Gasteiger partial charge >= 0.3 is 0 Å². The third-order valence-corrected chi connectivity index (χ3v) is 2.57. The van der Waals surface area contributed by atoms with Gasteiger partial charge in [0.1, 0.15) is 5.75 Å². The van der Waals surface area contributed by atoms with E-state index < -0.39 is 0 Å². The maximum atomic E-state index is 9.08. The first-order valence-electron chi connectivity index (χ1n) is 5.86. The SMILES string of the molecule is CCOc1ccccc1CNC(CC)CO.[Cl-]. The number of ether oxygens (including phenoxy) is 1. The van der Waals surface area contributed by atoms with E-state index >= 15 is 0 Å². The van der Waals surface area contributed by atoms with E-state index in [1.165, 1.54) is 0 Å². The minimum absolute atomic E-state index is 0. The minimum Gasteiger partial charge on any atom is -1.00 e. The third kappa shape index (κ3) is 5.39. The summed E-state index contributed by atoms with van der Waals surface area (Å²) in [5.74, 6) is 0.922. The Labute approximate surface area is 110 Å². The highest BCUT2D eigenvalue weighted by Gasteiger charge is 2.06. The molecule has 0 saturated carbocycles. The van der Waals surface area contributed by atoms with E-state index in [-0.39, 0.29) is 25.1 Å². The molecule has 1 atom stereocenters. The highest BCUT2D eigenvalue weighted by molar-refractivity contribution is 5.33. The lowest BCUT2D eigenvalue weighted by atomic mass is 10.1. The Bertz CT molecular complexity index is 303. The van der Waals surface area contributed by atoms with Crippen LogP contribution in [0.5, 0.6) is 5.75 Å². The van der Waals surface area contributed by atoms with Gasteiger partial charge in [0.05, 0.1) is 13.2 Å². The average Bonchev–Trinajstić information content (AvgIpc) is 2.33. The van der Waals surface area contributed by atoms with Crippen LogP contribution in [0.2, 0.25) is 0 Å². The molecule has 0 fully saturated rings. The maximum Gasteiger partial charge on any atom is 0.123 e. The standard InChI is InChI=1S/C13H21NO2.ClH/c1-3-12(10-15)14-9-11-7-5-6-8-13(11)16-4-2;/h5-8,12,14-15H,3-4,9-10H2,1-2H3;1H/p-1. The van der Waals surface area contributed by atoms with E-state index in [0.29, 0.717) is 6.61 Å². The number of aliphatic hydroxyl groups excluding tert-OH is 1. The summed E-state index contributed by atoms with van der Waals surface area (Å²) in [6.07, 6.45) is 0.924. The predicted molar refractivity (Wildman–Crippen MR) is 65.6 cm³/mol. The van der Waals surface area contributed by atoms with E-state index in [1.807, 2.05) is 31.2 Å². The van der Waals surface area contributed by atoms with E-state index in [1.54, 1.807) is 0 Å². The highest BCUT2D eigenvalue weighted by atomic mass is 35.5. The Morgan fingerprint density at radius 3 is 2.59 bits per heavy atom. The molecule has 4 heteroatoms. The van der Waals surface area contributed by atoms with Crippen LogP contribution >= 0.6 is 0 Å². The fraction of sp³-hybridized carbons (Fsp3) is 0.538. The van der Waals surface area contributed by atoms with Crippen molar-refractivity contribution in [2.45, 2.75) is 32.9 Å². The quantitative estimate of drug-likeness (QED) is 0.656. The molecule has 1 aromatic rings. The third-order valence-electron chi connectivity index (χ3n) is 2.57. The molecule has 1 aromatic carbocycles. The number of halogens is 1. The molecule has 0 aliphatic carbocycles. The summed E-state index contributed by atoms with van der Waals surface area (Å²) >= 11 is 0. The van der Waals surface area contributed by atoms with Gasteiger partial charge < -0.3 is 27.6 Å². The molecule has 0 aliphatic rings. The van der Waals surface area contributed by atoms with Crippen LogP contribution in [0.15, 0.2) is 24.3 Å². The topological polar surface area (TPSA) is 41.5 Å². The van der Waals surface area contributed by atoms with Crippen molar-refractivity contribution >= 4 is 0 Å². The van der Waals surface area contributed by atoms with Gasteiger partial charge in [-0.2, -0.15) is 0 Å². The van der Waals surface area contributed by atoms with Crippen LogP contribution in [-0.2, 0) is 6.54 Å². The smallest absolute Gasteiger partial charge is 0.123 e. The molecule has 0 radical (unpaired) electrons. The molecule has 1 rings (SSSR count). The summed E-state index contributed by atoms with van der Waals surface area (Å²) in [5.41, 5.74) is 1.14. The second-order valence-corrected chi connectivity index (χ2v) is 3.71. The zero-order valence-corrected chi connectivity index (χ0v) is 11.2. The molecular weight excluding hydrogens is 238 g/mol. The molecule has 2 N–H and O–H groups in total. The second kappa shape index (κ2) is 9.28. The van der Waals surface area contributed by atoms with Gasteiger partial charge in [-0.05, 0) is 19.4 Å². The number of nitrogens with one attached hydrogen (secondary N) is 1. The number of hydrogen-bond acceptors (Lipinski definition) is 3. The minimum atomic E-state index is 0. The van der Waals surface area contributed by atoms with Gasteiger partial charge in [-0.1, -0.05) is 25.1 Å². The lowest BCUT2D eigenvalue weighted by Gasteiger charge is -2.15. The molecule has 0 aromatic heterocycles. The van der Waals surface area contributed by atoms with Gasteiger partial charge in [-0.15, -0.1) is 0 Å². The Morgan fingerprint density at radius 2 is 2.00 bits per heavy atom. The van der Waals surface area contributed by atoms with Gasteiger partial charge in [0.15, 0.2) is 0 Å². The van der Waals surface area contributed by atoms with Crippen molar-refractivity contribution in [3.05, 3.63) is 29.8 Å². The van der Waals surface area contributed by atoms with Crippen molar-refractivity contribution in [3.63, 3.8) is 0 Å². The number of para-hydroxylation sites is 1. The van der Waals surface area contributed by atoms with Crippen molar-refractivity contribution in [3.8, 4) is 5.75 Å². The Balaban J connectivity index is 0.00000256. The fourth-order valence-electron chi connectivity index (χ4n) is 1.54. The molecule has 0 heterocycles. The normalized spacial score (nSPS) is 11.7. The van der Waals surface area contributed by atoms with E-state index in [0.717, 1.165) is 24.3 Å². The largest absolute Gasteiger partial charge is 1.00 e. The number of benzene rings is 1. The van der Waals surface area contributed by atoms with Crippen LogP contribution < -0.4 is 22.5 Å². The van der Waals surface area contributed by atoms with Crippen molar-refractivity contribution in [1.29, 1.82) is 0 Å². The van der Waals surface area contributed by atoms with Gasteiger partial charge in [-0.25, -0.2) is 0 Å².